The Morgan fingerprint density at radius 2 is 1.77 bits per heavy atom. The molecule has 2 amide bonds. The minimum Gasteiger partial charge on any atom is -0.372 e. The molecule has 0 atom stereocenters. The van der Waals surface area contributed by atoms with Gasteiger partial charge in [-0.05, 0) is 48.9 Å². The molecule has 10 heteroatoms. The molecule has 0 spiro atoms. The second kappa shape index (κ2) is 12.2. The molecule has 0 bridgehead atoms. The lowest BCUT2D eigenvalue weighted by molar-refractivity contribution is 0.240. The van der Waals surface area contributed by atoms with E-state index in [1.54, 1.807) is 17.9 Å². The molecule has 2 heterocycles. The van der Waals surface area contributed by atoms with Gasteiger partial charge < -0.3 is 16.0 Å². The first kappa shape index (κ1) is 26.5. The van der Waals surface area contributed by atoms with Crippen molar-refractivity contribution in [3.8, 4) is 11.1 Å². The molecular weight excluding hydrogens is 512 g/mol. The Labute approximate surface area is 233 Å². The summed E-state index contributed by atoms with van der Waals surface area (Å²) < 4.78 is 1.79. The van der Waals surface area contributed by atoms with Crippen LogP contribution in [0.3, 0.4) is 0 Å². The highest BCUT2D eigenvalue weighted by atomic mass is 35.5. The van der Waals surface area contributed by atoms with Crippen LogP contribution in [0, 0.1) is 0 Å². The summed E-state index contributed by atoms with van der Waals surface area (Å²) in [6, 6.07) is 18.3. The van der Waals surface area contributed by atoms with Gasteiger partial charge in [-0.15, -0.1) is 0 Å². The van der Waals surface area contributed by atoms with Crippen molar-refractivity contribution in [2.45, 2.75) is 44.3 Å². The number of hydrogen-bond acceptors (Lipinski definition) is 6. The average molecular weight is 545 g/mol. The van der Waals surface area contributed by atoms with Gasteiger partial charge >= 0.3 is 6.03 Å². The third-order valence-electron chi connectivity index (χ3n) is 7.07. The van der Waals surface area contributed by atoms with Crippen molar-refractivity contribution in [1.29, 1.82) is 0 Å². The summed E-state index contributed by atoms with van der Waals surface area (Å²) in [4.78, 5) is 24.3. The van der Waals surface area contributed by atoms with Gasteiger partial charge in [0.2, 0.25) is 5.95 Å². The summed E-state index contributed by atoms with van der Waals surface area (Å²) in [7, 11) is 3.68. The summed E-state index contributed by atoms with van der Waals surface area (Å²) in [6.45, 7) is 0.475. The Kier molecular flexibility index (Phi) is 8.27. The molecule has 202 valence electrons. The van der Waals surface area contributed by atoms with Crippen LogP contribution in [0.4, 0.5) is 22.2 Å². The minimum absolute atomic E-state index is 0.0714. The Morgan fingerprint density at radius 1 is 1.03 bits per heavy atom. The number of carbonyl (C=O) groups excluding carboxylic acids is 1. The molecular formula is C29H33ClN8O. The monoisotopic (exact) mass is 544 g/mol. The molecule has 2 aromatic carbocycles. The quantitative estimate of drug-likeness (QED) is 0.263. The summed E-state index contributed by atoms with van der Waals surface area (Å²) in [5, 5.41) is 14.3. The fourth-order valence-corrected chi connectivity index (χ4v) is 5.20. The zero-order valence-corrected chi connectivity index (χ0v) is 22.9. The van der Waals surface area contributed by atoms with Gasteiger partial charge in [-0.3, -0.25) is 9.58 Å². The zero-order chi connectivity index (χ0) is 27.2. The largest absolute Gasteiger partial charge is 0.372 e. The number of urea groups is 1. The van der Waals surface area contributed by atoms with Gasteiger partial charge in [-0.25, -0.2) is 9.78 Å². The van der Waals surface area contributed by atoms with Crippen LogP contribution in [0.1, 0.15) is 31.2 Å². The molecule has 5 rings (SSSR count). The molecule has 3 N–H and O–H groups in total. The van der Waals surface area contributed by atoms with Gasteiger partial charge in [0.25, 0.3) is 0 Å². The first-order chi connectivity index (χ1) is 19.0. The number of hydrogen-bond donors (Lipinski definition) is 3. The molecule has 0 unspecified atom stereocenters. The van der Waals surface area contributed by atoms with E-state index in [4.69, 9.17) is 11.6 Å². The molecule has 0 aliphatic heterocycles. The van der Waals surface area contributed by atoms with E-state index >= 15 is 0 Å². The fourth-order valence-electron chi connectivity index (χ4n) is 5.01. The lowest BCUT2D eigenvalue weighted by atomic mass is 9.90. The minimum atomic E-state index is -0.0934. The predicted molar refractivity (Wildman–Crippen MR) is 156 cm³/mol. The van der Waals surface area contributed by atoms with E-state index in [-0.39, 0.29) is 18.1 Å². The summed E-state index contributed by atoms with van der Waals surface area (Å²) >= 11 is 6.13. The van der Waals surface area contributed by atoms with Crippen molar-refractivity contribution in [3.63, 3.8) is 0 Å². The van der Waals surface area contributed by atoms with Crippen LogP contribution in [0.25, 0.3) is 11.1 Å². The summed E-state index contributed by atoms with van der Waals surface area (Å²) in [6.07, 6.45) is 8.92. The first-order valence-corrected chi connectivity index (χ1v) is 13.5. The highest BCUT2D eigenvalue weighted by Gasteiger charge is 2.30. The van der Waals surface area contributed by atoms with E-state index in [0.29, 0.717) is 23.3 Å². The smallest absolute Gasteiger partial charge is 0.322 e. The van der Waals surface area contributed by atoms with Gasteiger partial charge in [0, 0.05) is 50.2 Å². The number of nitrogens with zero attached hydrogens (tertiary/aromatic N) is 5. The number of halogens is 1. The molecule has 9 nitrogen and oxygen atoms in total. The number of benzene rings is 2. The molecule has 4 aromatic rings. The van der Waals surface area contributed by atoms with Crippen LogP contribution in [0.2, 0.25) is 5.02 Å². The Hall–Kier alpha value is -4.11. The molecule has 0 radical (unpaired) electrons. The van der Waals surface area contributed by atoms with Crippen molar-refractivity contribution < 1.29 is 4.79 Å². The van der Waals surface area contributed by atoms with Crippen molar-refractivity contribution in [2.24, 2.45) is 7.05 Å². The van der Waals surface area contributed by atoms with Gasteiger partial charge in [0.05, 0.1) is 12.4 Å². The van der Waals surface area contributed by atoms with Crippen molar-refractivity contribution in [1.82, 2.24) is 25.1 Å². The number of rotatable bonds is 8. The van der Waals surface area contributed by atoms with Gasteiger partial charge in [0.15, 0.2) is 0 Å². The summed E-state index contributed by atoms with van der Waals surface area (Å²) in [5.41, 5.74) is 4.05. The molecule has 39 heavy (non-hydrogen) atoms. The highest BCUT2D eigenvalue weighted by Crippen LogP contribution is 2.31. The number of aryl methyl sites for hydroxylation is 1. The van der Waals surface area contributed by atoms with Crippen molar-refractivity contribution in [3.05, 3.63) is 83.8 Å². The standard InChI is InChI=1S/C29H33ClN8O/c1-31-27-26(30)18-32-28(36-27)35-23-10-14-25(15-11-23)38(29(39)33-16-20-6-4-3-5-7-20)24-12-8-21(9-13-24)22-17-34-37(2)19-22/h3-9,12-13,17-19,23,25H,10-11,14-16H2,1-2H3,(H,33,39)(H2,31,32,35,36)/t23-,25-. The van der Waals surface area contributed by atoms with E-state index in [1.165, 1.54) is 0 Å². The van der Waals surface area contributed by atoms with Crippen LogP contribution in [-0.2, 0) is 13.6 Å². The SMILES string of the molecule is CNc1nc(N[C@H]2CC[C@H](N(C(=O)NCc3ccccc3)c3ccc(-c4cnn(C)c4)cc3)CC2)ncc1Cl. The zero-order valence-electron chi connectivity index (χ0n) is 22.1. The van der Waals surface area contributed by atoms with Crippen molar-refractivity contribution in [2.75, 3.05) is 22.6 Å². The fraction of sp³-hybridized carbons (Fsp3) is 0.310. The normalized spacial score (nSPS) is 16.9. The van der Waals surface area contributed by atoms with E-state index in [0.717, 1.165) is 48.1 Å². The molecule has 1 aliphatic carbocycles. The maximum Gasteiger partial charge on any atom is 0.322 e. The van der Waals surface area contributed by atoms with Crippen molar-refractivity contribution >= 4 is 35.1 Å². The molecule has 1 saturated carbocycles. The van der Waals surface area contributed by atoms with E-state index in [1.807, 2.05) is 78.9 Å². The van der Waals surface area contributed by atoms with Crippen LogP contribution in [-0.4, -0.2) is 44.9 Å². The lowest BCUT2D eigenvalue weighted by Crippen LogP contribution is -2.48. The molecule has 1 aliphatic rings. The van der Waals surface area contributed by atoms with E-state index in [2.05, 4.69) is 31.0 Å². The Bertz CT molecular complexity index is 1380. The molecule has 0 saturated heterocycles. The van der Waals surface area contributed by atoms with Crippen LogP contribution < -0.4 is 20.9 Å². The van der Waals surface area contributed by atoms with Gasteiger partial charge in [0.1, 0.15) is 10.8 Å². The van der Waals surface area contributed by atoms with E-state index < -0.39 is 0 Å². The Morgan fingerprint density at radius 3 is 2.44 bits per heavy atom. The number of amides is 2. The van der Waals surface area contributed by atoms with Gasteiger partial charge in [-0.2, -0.15) is 10.1 Å². The average Bonchev–Trinajstić information content (AvgIpc) is 3.41. The van der Waals surface area contributed by atoms with Crippen LogP contribution in [0.5, 0.6) is 0 Å². The number of aromatic nitrogens is 4. The van der Waals surface area contributed by atoms with Gasteiger partial charge in [-0.1, -0.05) is 54.1 Å². The molecule has 1 fully saturated rings. The first-order valence-electron chi connectivity index (χ1n) is 13.2. The Balaban J connectivity index is 1.30. The maximum absolute atomic E-state index is 13.6. The second-order valence-electron chi connectivity index (χ2n) is 9.75. The maximum atomic E-state index is 13.6. The topological polar surface area (TPSA) is 100 Å². The number of anilines is 3. The lowest BCUT2D eigenvalue weighted by Gasteiger charge is -2.37. The number of carbonyl (C=O) groups is 1. The van der Waals surface area contributed by atoms with E-state index in [9.17, 15) is 4.79 Å². The highest BCUT2D eigenvalue weighted by molar-refractivity contribution is 6.32. The summed E-state index contributed by atoms with van der Waals surface area (Å²) in [5.74, 6) is 1.15. The second-order valence-corrected chi connectivity index (χ2v) is 10.2. The number of nitrogens with one attached hydrogen (secondary N) is 3. The van der Waals surface area contributed by atoms with Crippen LogP contribution in [0.15, 0.2) is 73.2 Å². The predicted octanol–water partition coefficient (Wildman–Crippen LogP) is 5.71. The third kappa shape index (κ3) is 6.49. The molecule has 2 aromatic heterocycles. The van der Waals surface area contributed by atoms with Crippen LogP contribution >= 0.6 is 11.6 Å². The third-order valence-corrected chi connectivity index (χ3v) is 7.34.